The van der Waals surface area contributed by atoms with Gasteiger partial charge in [-0.25, -0.2) is 0 Å². The minimum Gasteiger partial charge on any atom is -0.507 e. The number of hydrogen-bond acceptors (Lipinski definition) is 5. The van der Waals surface area contributed by atoms with E-state index in [2.05, 4.69) is 55.1 Å². The van der Waals surface area contributed by atoms with Crippen LogP contribution in [-0.2, 0) is 6.54 Å². The van der Waals surface area contributed by atoms with Gasteiger partial charge in [0, 0.05) is 38.9 Å². The molecule has 0 aromatic heterocycles. The summed E-state index contributed by atoms with van der Waals surface area (Å²) in [6.07, 6.45) is 4.07. The molecule has 0 bridgehead atoms. The molecular weight excluding hydrogens is 424 g/mol. The van der Waals surface area contributed by atoms with Gasteiger partial charge in [-0.3, -0.25) is 9.69 Å². The van der Waals surface area contributed by atoms with Crippen LogP contribution >= 0.6 is 0 Å². The predicted octanol–water partition coefficient (Wildman–Crippen LogP) is 5.65. The zero-order chi connectivity index (χ0) is 24.3. The summed E-state index contributed by atoms with van der Waals surface area (Å²) >= 11 is 0. The fourth-order valence-corrected chi connectivity index (χ4v) is 3.78. The summed E-state index contributed by atoms with van der Waals surface area (Å²) in [4.78, 5) is 17.0. The normalized spacial score (nSPS) is 11.2. The summed E-state index contributed by atoms with van der Waals surface area (Å²) in [7, 11) is 4.13. The Bertz CT molecular complexity index is 1090. The summed E-state index contributed by atoms with van der Waals surface area (Å²) in [5.74, 6) is 0.238. The zero-order valence-corrected chi connectivity index (χ0v) is 20.3. The van der Waals surface area contributed by atoms with Crippen LogP contribution < -0.4 is 9.64 Å². The van der Waals surface area contributed by atoms with Gasteiger partial charge >= 0.3 is 0 Å². The predicted molar refractivity (Wildman–Crippen MR) is 140 cm³/mol. The number of carbonyl (C=O) groups excluding carboxylic acids is 1. The van der Waals surface area contributed by atoms with Crippen molar-refractivity contribution in [1.29, 1.82) is 0 Å². The van der Waals surface area contributed by atoms with E-state index in [1.807, 2.05) is 30.3 Å². The maximum Gasteiger partial charge on any atom is 0.189 e. The Labute approximate surface area is 202 Å². The molecule has 3 rings (SSSR count). The largest absolute Gasteiger partial charge is 0.507 e. The number of carbonyl (C=O) groups is 1. The van der Waals surface area contributed by atoms with E-state index < -0.39 is 0 Å². The molecule has 0 atom stereocenters. The van der Waals surface area contributed by atoms with Crippen LogP contribution in [0.1, 0.15) is 34.8 Å². The number of hydrogen-bond donors (Lipinski definition) is 1. The van der Waals surface area contributed by atoms with Gasteiger partial charge in [-0.05, 0) is 48.4 Å². The van der Waals surface area contributed by atoms with E-state index in [4.69, 9.17) is 4.74 Å². The molecule has 1 N–H and O–H groups in total. The van der Waals surface area contributed by atoms with Crippen LogP contribution in [0.25, 0.3) is 6.08 Å². The average Bonchev–Trinajstić information content (AvgIpc) is 2.85. The number of benzene rings is 3. The second-order valence-electron chi connectivity index (χ2n) is 8.38. The molecule has 5 nitrogen and oxygen atoms in total. The van der Waals surface area contributed by atoms with E-state index >= 15 is 0 Å². The molecule has 0 heterocycles. The van der Waals surface area contributed by atoms with Crippen molar-refractivity contribution in [3.8, 4) is 11.5 Å². The van der Waals surface area contributed by atoms with Gasteiger partial charge in [-0.15, -0.1) is 0 Å². The van der Waals surface area contributed by atoms with Crippen molar-refractivity contribution >= 4 is 17.5 Å². The fourth-order valence-electron chi connectivity index (χ4n) is 3.78. The number of ketones is 1. The topological polar surface area (TPSA) is 53.0 Å². The third kappa shape index (κ3) is 7.22. The fraction of sp³-hybridized carbons (Fsp3) is 0.276. The number of aromatic hydroxyl groups is 1. The van der Waals surface area contributed by atoms with Gasteiger partial charge in [0.1, 0.15) is 11.5 Å². The number of rotatable bonds is 12. The van der Waals surface area contributed by atoms with Crippen molar-refractivity contribution in [3.63, 3.8) is 0 Å². The maximum atomic E-state index is 12.4. The Kier molecular flexibility index (Phi) is 9.30. The van der Waals surface area contributed by atoms with E-state index in [9.17, 15) is 9.90 Å². The Morgan fingerprint density at radius 2 is 1.74 bits per heavy atom. The Balaban J connectivity index is 1.49. The second-order valence-corrected chi connectivity index (χ2v) is 8.38. The average molecular weight is 459 g/mol. The Hall–Kier alpha value is -3.57. The number of phenols is 1. The third-order valence-electron chi connectivity index (χ3n) is 5.66. The zero-order valence-electron chi connectivity index (χ0n) is 20.3. The Morgan fingerprint density at radius 3 is 2.44 bits per heavy atom. The van der Waals surface area contributed by atoms with Crippen LogP contribution in [0.3, 0.4) is 0 Å². The highest BCUT2D eigenvalue weighted by molar-refractivity contribution is 6.08. The van der Waals surface area contributed by atoms with Gasteiger partial charge in [0.2, 0.25) is 0 Å². The highest BCUT2D eigenvalue weighted by Gasteiger charge is 2.11. The standard InChI is InChI=1S/C29H34N2O3/c1-4-31(22-24-13-8-9-14-27(24)30(2)3)19-10-20-34-25-16-17-26(29(33)21-25)28(32)18-15-23-11-6-5-7-12-23/h5-9,11-18,21,33H,4,10,19-20,22H2,1-3H3/b18-15+. The van der Waals surface area contributed by atoms with Crippen molar-refractivity contribution in [2.75, 3.05) is 38.7 Å². The molecule has 0 aliphatic rings. The molecule has 0 aliphatic carbocycles. The first-order valence-electron chi connectivity index (χ1n) is 11.7. The van der Waals surface area contributed by atoms with E-state index in [0.29, 0.717) is 12.4 Å². The molecule has 3 aromatic rings. The minimum absolute atomic E-state index is 0.0734. The molecule has 0 radical (unpaired) electrons. The second kappa shape index (κ2) is 12.6. The summed E-state index contributed by atoms with van der Waals surface area (Å²) < 4.78 is 5.83. The van der Waals surface area contributed by atoms with E-state index in [1.165, 1.54) is 23.4 Å². The first-order chi connectivity index (χ1) is 16.5. The lowest BCUT2D eigenvalue weighted by Crippen LogP contribution is -2.26. The molecule has 0 spiro atoms. The quantitative estimate of drug-likeness (QED) is 0.216. The smallest absolute Gasteiger partial charge is 0.189 e. The van der Waals surface area contributed by atoms with Crippen molar-refractivity contribution in [1.82, 2.24) is 4.90 Å². The van der Waals surface area contributed by atoms with Gasteiger partial charge in [0.05, 0.1) is 12.2 Å². The monoisotopic (exact) mass is 458 g/mol. The first kappa shape index (κ1) is 25.1. The van der Waals surface area contributed by atoms with Gasteiger partial charge in [0.25, 0.3) is 0 Å². The molecule has 34 heavy (non-hydrogen) atoms. The Morgan fingerprint density at radius 1 is 1.00 bits per heavy atom. The molecule has 0 fully saturated rings. The molecule has 5 heteroatoms. The van der Waals surface area contributed by atoms with Crippen molar-refractivity contribution in [2.45, 2.75) is 19.9 Å². The van der Waals surface area contributed by atoms with Crippen molar-refractivity contribution in [2.24, 2.45) is 0 Å². The van der Waals surface area contributed by atoms with Gasteiger partial charge in [-0.2, -0.15) is 0 Å². The van der Waals surface area contributed by atoms with Crippen LogP contribution in [0.4, 0.5) is 5.69 Å². The number of nitrogens with zero attached hydrogens (tertiary/aromatic N) is 2. The highest BCUT2D eigenvalue weighted by Crippen LogP contribution is 2.25. The van der Waals surface area contributed by atoms with Gasteiger partial charge in [-0.1, -0.05) is 61.5 Å². The number of anilines is 1. The van der Waals surface area contributed by atoms with Crippen LogP contribution in [0.5, 0.6) is 11.5 Å². The molecule has 0 unspecified atom stereocenters. The molecule has 3 aromatic carbocycles. The number of phenolic OH excluding ortho intramolecular Hbond substituents is 1. The summed E-state index contributed by atoms with van der Waals surface area (Å²) in [5, 5.41) is 10.3. The third-order valence-corrected chi connectivity index (χ3v) is 5.66. The van der Waals surface area contributed by atoms with Gasteiger partial charge < -0.3 is 14.7 Å². The molecular formula is C29H34N2O3. The molecule has 0 amide bonds. The summed E-state index contributed by atoms with van der Waals surface area (Å²) in [6, 6.07) is 22.9. The number of ether oxygens (including phenoxy) is 1. The van der Waals surface area contributed by atoms with E-state index in [-0.39, 0.29) is 17.1 Å². The SMILES string of the molecule is CCN(CCCOc1ccc(C(=O)/C=C/c2ccccc2)c(O)c1)Cc1ccccc1N(C)C. The number of allylic oxidation sites excluding steroid dienone is 1. The van der Waals surface area contributed by atoms with Crippen LogP contribution in [0.15, 0.2) is 78.9 Å². The van der Waals surface area contributed by atoms with Crippen molar-refractivity contribution in [3.05, 3.63) is 95.6 Å². The van der Waals surface area contributed by atoms with Crippen LogP contribution in [0.2, 0.25) is 0 Å². The highest BCUT2D eigenvalue weighted by atomic mass is 16.5. The first-order valence-corrected chi connectivity index (χ1v) is 11.7. The summed E-state index contributed by atoms with van der Waals surface area (Å²) in [6.45, 7) is 5.45. The molecule has 178 valence electrons. The lowest BCUT2D eigenvalue weighted by molar-refractivity contribution is 0.104. The van der Waals surface area contributed by atoms with Crippen molar-refractivity contribution < 1.29 is 14.6 Å². The number of para-hydroxylation sites is 1. The lowest BCUT2D eigenvalue weighted by Gasteiger charge is -2.24. The maximum absolute atomic E-state index is 12.4. The van der Waals surface area contributed by atoms with Crippen LogP contribution in [-0.4, -0.2) is 49.6 Å². The lowest BCUT2D eigenvalue weighted by atomic mass is 10.1. The van der Waals surface area contributed by atoms with E-state index in [1.54, 1.807) is 18.2 Å². The van der Waals surface area contributed by atoms with Crippen LogP contribution in [0, 0.1) is 0 Å². The molecule has 0 saturated heterocycles. The molecule has 0 aliphatic heterocycles. The van der Waals surface area contributed by atoms with E-state index in [0.717, 1.165) is 31.6 Å². The van der Waals surface area contributed by atoms with Gasteiger partial charge in [0.15, 0.2) is 5.78 Å². The minimum atomic E-state index is -0.246. The molecule has 0 saturated carbocycles. The summed E-state index contributed by atoms with van der Waals surface area (Å²) in [5.41, 5.74) is 3.74.